The van der Waals surface area contributed by atoms with E-state index in [1.807, 2.05) is 0 Å². The number of ether oxygens (including phenoxy) is 1. The van der Waals surface area contributed by atoms with Crippen LogP contribution in [0.2, 0.25) is 0 Å². The number of piperidine rings is 1. The van der Waals surface area contributed by atoms with Gasteiger partial charge in [0.15, 0.2) is 11.6 Å². The van der Waals surface area contributed by atoms with Crippen molar-refractivity contribution in [3.63, 3.8) is 0 Å². The molecule has 1 saturated heterocycles. The highest BCUT2D eigenvalue weighted by Crippen LogP contribution is 2.35. The van der Waals surface area contributed by atoms with E-state index in [4.69, 9.17) is 0 Å². The second-order valence-electron chi connectivity index (χ2n) is 6.37. The van der Waals surface area contributed by atoms with E-state index in [9.17, 15) is 31.5 Å². The zero-order valence-electron chi connectivity index (χ0n) is 14.7. The van der Waals surface area contributed by atoms with Crippen LogP contribution in [-0.4, -0.2) is 24.7 Å². The minimum atomic E-state index is -4.89. The summed E-state index contributed by atoms with van der Waals surface area (Å²) < 4.78 is 68.5. The number of carbonyl (C=O) groups excluding carboxylic acids is 2. The summed E-state index contributed by atoms with van der Waals surface area (Å²) in [6.45, 7) is 0.200. The van der Waals surface area contributed by atoms with E-state index in [1.54, 1.807) is 0 Å². The van der Waals surface area contributed by atoms with Crippen molar-refractivity contribution >= 4 is 17.5 Å². The minimum Gasteiger partial charge on any atom is -0.406 e. The van der Waals surface area contributed by atoms with Crippen molar-refractivity contribution in [2.45, 2.75) is 18.7 Å². The molecule has 0 bridgehead atoms. The average Bonchev–Trinajstić information content (AvgIpc) is 2.64. The van der Waals surface area contributed by atoms with Gasteiger partial charge in [0.2, 0.25) is 11.8 Å². The molecule has 1 fully saturated rings. The maximum atomic E-state index is 13.8. The molecular weight excluding hydrogens is 399 g/mol. The second-order valence-corrected chi connectivity index (χ2v) is 6.37. The first kappa shape index (κ1) is 20.6. The molecule has 29 heavy (non-hydrogen) atoms. The maximum absolute atomic E-state index is 13.8. The molecular formula is C19H15F5N2O3. The average molecular weight is 414 g/mol. The van der Waals surface area contributed by atoms with Gasteiger partial charge in [0, 0.05) is 12.5 Å². The monoisotopic (exact) mass is 414 g/mol. The minimum absolute atomic E-state index is 0.200. The molecule has 1 heterocycles. The smallest absolute Gasteiger partial charge is 0.406 e. The zero-order valence-corrected chi connectivity index (χ0v) is 14.7. The Labute approximate surface area is 161 Å². The van der Waals surface area contributed by atoms with Gasteiger partial charge in [0.25, 0.3) is 0 Å². The third-order valence-corrected chi connectivity index (χ3v) is 4.45. The van der Waals surface area contributed by atoms with Crippen molar-refractivity contribution in [1.82, 2.24) is 5.32 Å². The molecule has 2 unspecified atom stereocenters. The van der Waals surface area contributed by atoms with Crippen LogP contribution in [0.3, 0.4) is 0 Å². The maximum Gasteiger partial charge on any atom is 0.573 e. The fourth-order valence-electron chi connectivity index (χ4n) is 3.22. The van der Waals surface area contributed by atoms with Crippen molar-refractivity contribution < 1.29 is 36.3 Å². The highest BCUT2D eigenvalue weighted by Gasteiger charge is 2.39. The highest BCUT2D eigenvalue weighted by molar-refractivity contribution is 6.07. The van der Waals surface area contributed by atoms with Gasteiger partial charge in [-0.05, 0) is 36.2 Å². The third kappa shape index (κ3) is 4.82. The molecule has 10 heteroatoms. The Bertz CT molecular complexity index is 932. The molecule has 154 valence electrons. The molecule has 1 aliphatic heterocycles. The van der Waals surface area contributed by atoms with Crippen LogP contribution >= 0.6 is 0 Å². The van der Waals surface area contributed by atoms with Crippen molar-refractivity contribution in [2.24, 2.45) is 5.92 Å². The van der Waals surface area contributed by atoms with E-state index in [-0.39, 0.29) is 18.5 Å². The highest BCUT2D eigenvalue weighted by atomic mass is 19.4. The largest absolute Gasteiger partial charge is 0.573 e. The normalized spacial score (nSPS) is 19.4. The summed E-state index contributed by atoms with van der Waals surface area (Å²) in [6.07, 6.45) is -4.64. The lowest BCUT2D eigenvalue weighted by Crippen LogP contribution is -2.46. The van der Waals surface area contributed by atoms with Crippen LogP contribution in [0.15, 0.2) is 42.5 Å². The van der Waals surface area contributed by atoms with Gasteiger partial charge >= 0.3 is 6.36 Å². The molecule has 3 rings (SSSR count). The summed E-state index contributed by atoms with van der Waals surface area (Å²) in [6, 6.07) is 8.15. The van der Waals surface area contributed by atoms with E-state index in [0.717, 1.165) is 24.3 Å². The SMILES string of the molecule is O=C1NCCC(c2cccc(OC(F)(F)F)c2)C1C(=O)Nc1cccc(F)c1F. The third-order valence-electron chi connectivity index (χ3n) is 4.45. The number of nitrogens with one attached hydrogen (secondary N) is 2. The van der Waals surface area contributed by atoms with E-state index in [0.29, 0.717) is 0 Å². The standard InChI is InChI=1S/C19H15F5N2O3/c20-13-5-2-6-14(16(13)21)26-18(28)15-12(7-8-25-17(15)27)10-3-1-4-11(9-10)29-19(22,23)24/h1-6,9,12,15H,7-8H2,(H,25,27)(H,26,28). The lowest BCUT2D eigenvalue weighted by Gasteiger charge is -2.30. The van der Waals surface area contributed by atoms with E-state index < -0.39 is 53.1 Å². The molecule has 2 aromatic carbocycles. The first-order chi connectivity index (χ1) is 13.7. The van der Waals surface area contributed by atoms with Crippen LogP contribution in [0.5, 0.6) is 5.75 Å². The lowest BCUT2D eigenvalue weighted by molar-refractivity contribution is -0.274. The number of hydrogen-bond acceptors (Lipinski definition) is 3. The second kappa shape index (κ2) is 8.06. The number of amides is 2. The number of alkyl halides is 3. The first-order valence-electron chi connectivity index (χ1n) is 8.54. The number of hydrogen-bond donors (Lipinski definition) is 2. The Balaban J connectivity index is 1.88. The van der Waals surface area contributed by atoms with Gasteiger partial charge in [-0.25, -0.2) is 8.78 Å². The molecule has 2 amide bonds. The Morgan fingerprint density at radius 2 is 1.86 bits per heavy atom. The predicted molar refractivity (Wildman–Crippen MR) is 92.0 cm³/mol. The summed E-state index contributed by atoms with van der Waals surface area (Å²) >= 11 is 0. The molecule has 0 aromatic heterocycles. The molecule has 2 atom stereocenters. The summed E-state index contributed by atoms with van der Waals surface area (Å²) in [7, 11) is 0. The van der Waals surface area contributed by atoms with Gasteiger partial charge in [-0.15, -0.1) is 13.2 Å². The summed E-state index contributed by atoms with van der Waals surface area (Å²) in [5, 5.41) is 4.68. The predicted octanol–water partition coefficient (Wildman–Crippen LogP) is 3.72. The molecule has 5 nitrogen and oxygen atoms in total. The van der Waals surface area contributed by atoms with Crippen molar-refractivity contribution in [3.05, 3.63) is 59.7 Å². The van der Waals surface area contributed by atoms with Crippen LogP contribution in [0.4, 0.5) is 27.6 Å². The van der Waals surface area contributed by atoms with E-state index in [1.165, 1.54) is 18.2 Å². The summed E-state index contributed by atoms with van der Waals surface area (Å²) in [4.78, 5) is 25.0. The summed E-state index contributed by atoms with van der Waals surface area (Å²) in [5.41, 5.74) is -0.164. The quantitative estimate of drug-likeness (QED) is 0.592. The fourth-order valence-corrected chi connectivity index (χ4v) is 3.22. The van der Waals surface area contributed by atoms with Crippen LogP contribution in [0.25, 0.3) is 0 Å². The number of halogens is 5. The first-order valence-corrected chi connectivity index (χ1v) is 8.54. The molecule has 2 aromatic rings. The van der Waals surface area contributed by atoms with Gasteiger partial charge in [-0.2, -0.15) is 0 Å². The van der Waals surface area contributed by atoms with Gasteiger partial charge in [-0.3, -0.25) is 9.59 Å². The molecule has 0 aliphatic carbocycles. The number of benzene rings is 2. The zero-order chi connectivity index (χ0) is 21.2. The van der Waals surface area contributed by atoms with Crippen LogP contribution in [0.1, 0.15) is 17.9 Å². The topological polar surface area (TPSA) is 67.4 Å². The Hall–Kier alpha value is -3.17. The molecule has 0 saturated carbocycles. The molecule has 1 aliphatic rings. The molecule has 0 spiro atoms. The van der Waals surface area contributed by atoms with Gasteiger partial charge in [-0.1, -0.05) is 18.2 Å². The van der Waals surface area contributed by atoms with E-state index >= 15 is 0 Å². The Morgan fingerprint density at radius 3 is 2.59 bits per heavy atom. The van der Waals surface area contributed by atoms with Gasteiger partial charge in [0.1, 0.15) is 11.7 Å². The van der Waals surface area contributed by atoms with Gasteiger partial charge in [0.05, 0.1) is 5.69 Å². The van der Waals surface area contributed by atoms with Crippen molar-refractivity contribution in [2.75, 3.05) is 11.9 Å². The number of anilines is 1. The van der Waals surface area contributed by atoms with Crippen LogP contribution in [-0.2, 0) is 9.59 Å². The molecule has 2 N–H and O–H groups in total. The van der Waals surface area contributed by atoms with E-state index in [2.05, 4.69) is 15.4 Å². The molecule has 0 radical (unpaired) electrons. The number of carbonyl (C=O) groups is 2. The van der Waals surface area contributed by atoms with Gasteiger partial charge < -0.3 is 15.4 Å². The summed E-state index contributed by atoms with van der Waals surface area (Å²) in [5.74, 6) is -6.66. The van der Waals surface area contributed by atoms with Crippen LogP contribution in [0, 0.1) is 17.6 Å². The Kier molecular flexibility index (Phi) is 5.71. The van der Waals surface area contributed by atoms with Crippen molar-refractivity contribution in [1.29, 1.82) is 0 Å². The fraction of sp³-hybridized carbons (Fsp3) is 0.263. The van der Waals surface area contributed by atoms with Crippen molar-refractivity contribution in [3.8, 4) is 5.75 Å². The number of rotatable bonds is 4. The van der Waals surface area contributed by atoms with Crippen LogP contribution < -0.4 is 15.4 Å². The lowest BCUT2D eigenvalue weighted by atomic mass is 9.80. The Morgan fingerprint density at radius 1 is 1.14 bits per heavy atom.